The van der Waals surface area contributed by atoms with Crippen LogP contribution in [0.4, 0.5) is 5.95 Å². The number of carbonyl (C=O) groups is 1. The van der Waals surface area contributed by atoms with E-state index in [0.29, 0.717) is 23.2 Å². The van der Waals surface area contributed by atoms with E-state index >= 15 is 0 Å². The topological polar surface area (TPSA) is 58.1 Å². The average molecular weight is 361 g/mol. The monoisotopic (exact) mass is 360 g/mol. The number of anilines is 1. The fraction of sp³-hybridized carbons (Fsp3) is 0.421. The summed E-state index contributed by atoms with van der Waals surface area (Å²) < 4.78 is 0. The molecule has 1 aromatic carbocycles. The number of rotatable bonds is 8. The third-order valence-electron chi connectivity index (χ3n) is 3.85. The van der Waals surface area contributed by atoms with Crippen LogP contribution in [0.25, 0.3) is 0 Å². The van der Waals surface area contributed by atoms with Crippen LogP contribution in [0.3, 0.4) is 0 Å². The zero-order valence-electron chi connectivity index (χ0n) is 15.1. The third-order valence-corrected chi connectivity index (χ3v) is 4.09. The van der Waals surface area contributed by atoms with Crippen molar-refractivity contribution >= 4 is 23.5 Å². The lowest BCUT2D eigenvalue weighted by Gasteiger charge is -2.17. The standard InChI is InChI=1S/C19H25ClN4O/c1-4-5-11-24(3)19-22-14(2)12-17(23-19)18(25)21-10-9-15-7-6-8-16(20)13-15/h6-8,12-13H,4-5,9-11H2,1-3H3,(H,21,25). The number of benzene rings is 1. The minimum Gasteiger partial charge on any atom is -0.350 e. The first kappa shape index (κ1) is 19.2. The third kappa shape index (κ3) is 6.02. The molecule has 1 amide bonds. The molecule has 134 valence electrons. The maximum atomic E-state index is 12.4. The van der Waals surface area contributed by atoms with Crippen molar-refractivity contribution in [1.82, 2.24) is 15.3 Å². The molecule has 0 unspecified atom stereocenters. The van der Waals surface area contributed by atoms with Gasteiger partial charge in [0, 0.05) is 30.9 Å². The fourth-order valence-corrected chi connectivity index (χ4v) is 2.65. The maximum absolute atomic E-state index is 12.4. The predicted molar refractivity (Wildman–Crippen MR) is 102 cm³/mol. The number of carbonyl (C=O) groups excluding carboxylic acids is 1. The van der Waals surface area contributed by atoms with Gasteiger partial charge in [0.05, 0.1) is 0 Å². The molecule has 0 spiro atoms. The highest BCUT2D eigenvalue weighted by Crippen LogP contribution is 2.12. The van der Waals surface area contributed by atoms with Gasteiger partial charge in [0.2, 0.25) is 5.95 Å². The van der Waals surface area contributed by atoms with Crippen molar-refractivity contribution in [1.29, 1.82) is 0 Å². The molecular formula is C19H25ClN4O. The van der Waals surface area contributed by atoms with Crippen molar-refractivity contribution in [2.24, 2.45) is 0 Å². The minimum atomic E-state index is -0.183. The summed E-state index contributed by atoms with van der Waals surface area (Å²) in [5.41, 5.74) is 2.27. The Morgan fingerprint density at radius 1 is 1.28 bits per heavy atom. The zero-order valence-corrected chi connectivity index (χ0v) is 15.8. The molecule has 0 atom stereocenters. The maximum Gasteiger partial charge on any atom is 0.270 e. The summed E-state index contributed by atoms with van der Waals surface area (Å²) in [6.45, 7) is 5.42. The number of aryl methyl sites for hydroxylation is 1. The van der Waals surface area contributed by atoms with Crippen LogP contribution in [-0.2, 0) is 6.42 Å². The van der Waals surface area contributed by atoms with Crippen LogP contribution in [0.2, 0.25) is 5.02 Å². The number of nitrogens with one attached hydrogen (secondary N) is 1. The Hall–Kier alpha value is -2.14. The van der Waals surface area contributed by atoms with Gasteiger partial charge in [0.1, 0.15) is 5.69 Å². The fourth-order valence-electron chi connectivity index (χ4n) is 2.44. The summed E-state index contributed by atoms with van der Waals surface area (Å²) in [4.78, 5) is 23.2. The smallest absolute Gasteiger partial charge is 0.270 e. The van der Waals surface area contributed by atoms with E-state index in [-0.39, 0.29) is 5.91 Å². The van der Waals surface area contributed by atoms with Crippen molar-refractivity contribution in [3.63, 3.8) is 0 Å². The van der Waals surface area contributed by atoms with Crippen molar-refractivity contribution in [2.75, 3.05) is 25.0 Å². The molecule has 25 heavy (non-hydrogen) atoms. The number of hydrogen-bond acceptors (Lipinski definition) is 4. The molecule has 0 aliphatic heterocycles. The summed E-state index contributed by atoms with van der Waals surface area (Å²) in [5, 5.41) is 3.62. The Kier molecular flexibility index (Phi) is 7.19. The molecule has 5 nitrogen and oxygen atoms in total. The van der Waals surface area contributed by atoms with Crippen LogP contribution < -0.4 is 10.2 Å². The normalized spacial score (nSPS) is 10.6. The van der Waals surface area contributed by atoms with E-state index in [4.69, 9.17) is 11.6 Å². The van der Waals surface area contributed by atoms with Crippen LogP contribution >= 0.6 is 11.6 Å². The van der Waals surface area contributed by atoms with Crippen molar-refractivity contribution in [3.05, 3.63) is 52.3 Å². The molecule has 6 heteroatoms. The molecule has 2 rings (SSSR count). The molecule has 0 saturated heterocycles. The Bertz CT molecular complexity index is 720. The summed E-state index contributed by atoms with van der Waals surface area (Å²) in [7, 11) is 1.95. The Morgan fingerprint density at radius 3 is 2.80 bits per heavy atom. The first-order chi connectivity index (χ1) is 12.0. The second-order valence-corrected chi connectivity index (χ2v) is 6.54. The number of amides is 1. The number of aromatic nitrogens is 2. The zero-order chi connectivity index (χ0) is 18.2. The number of nitrogens with zero attached hydrogens (tertiary/aromatic N) is 3. The number of halogens is 1. The molecular weight excluding hydrogens is 336 g/mol. The molecule has 0 aliphatic carbocycles. The van der Waals surface area contributed by atoms with Crippen molar-refractivity contribution in [2.45, 2.75) is 33.1 Å². The average Bonchev–Trinajstić information content (AvgIpc) is 2.59. The SMILES string of the molecule is CCCCN(C)c1nc(C)cc(C(=O)NCCc2cccc(Cl)c2)n1. The van der Waals surface area contributed by atoms with Crippen molar-refractivity contribution < 1.29 is 4.79 Å². The summed E-state index contributed by atoms with van der Waals surface area (Å²) in [6, 6.07) is 9.36. The van der Waals surface area contributed by atoms with Crippen LogP contribution in [0, 0.1) is 6.92 Å². The second kappa shape index (κ2) is 9.37. The molecule has 0 saturated carbocycles. The van der Waals surface area contributed by atoms with Gasteiger partial charge in [-0.3, -0.25) is 4.79 Å². The Labute approximate surface area is 154 Å². The van der Waals surface area contributed by atoms with Crippen molar-refractivity contribution in [3.8, 4) is 0 Å². The van der Waals surface area contributed by atoms with Gasteiger partial charge in [-0.05, 0) is 43.5 Å². The molecule has 1 N–H and O–H groups in total. The van der Waals surface area contributed by atoms with Gasteiger partial charge in [-0.2, -0.15) is 0 Å². The van der Waals surface area contributed by atoms with Crippen LogP contribution in [-0.4, -0.2) is 36.0 Å². The number of hydrogen-bond donors (Lipinski definition) is 1. The van der Waals surface area contributed by atoms with E-state index in [2.05, 4.69) is 22.2 Å². The largest absolute Gasteiger partial charge is 0.350 e. The summed E-state index contributed by atoms with van der Waals surface area (Å²) >= 11 is 5.97. The van der Waals surface area contributed by atoms with E-state index in [9.17, 15) is 4.79 Å². The molecule has 0 aliphatic rings. The lowest BCUT2D eigenvalue weighted by molar-refractivity contribution is 0.0949. The number of unbranched alkanes of at least 4 members (excludes halogenated alkanes) is 1. The first-order valence-corrected chi connectivity index (χ1v) is 8.97. The predicted octanol–water partition coefficient (Wildman–Crippen LogP) is 3.65. The molecule has 1 aromatic heterocycles. The van der Waals surface area contributed by atoms with Gasteiger partial charge in [-0.1, -0.05) is 37.1 Å². The molecule has 0 radical (unpaired) electrons. The quantitative estimate of drug-likeness (QED) is 0.780. The van der Waals surface area contributed by atoms with E-state index in [1.165, 1.54) is 0 Å². The Morgan fingerprint density at radius 2 is 2.08 bits per heavy atom. The van der Waals surface area contributed by atoms with Gasteiger partial charge in [0.25, 0.3) is 5.91 Å². The highest BCUT2D eigenvalue weighted by Gasteiger charge is 2.12. The van der Waals surface area contributed by atoms with Crippen LogP contribution in [0.1, 0.15) is 41.5 Å². The van der Waals surface area contributed by atoms with E-state index < -0.39 is 0 Å². The van der Waals surface area contributed by atoms with Gasteiger partial charge < -0.3 is 10.2 Å². The van der Waals surface area contributed by atoms with Crippen LogP contribution in [0.15, 0.2) is 30.3 Å². The highest BCUT2D eigenvalue weighted by atomic mass is 35.5. The molecule has 0 bridgehead atoms. The van der Waals surface area contributed by atoms with E-state index in [0.717, 1.165) is 37.1 Å². The van der Waals surface area contributed by atoms with Gasteiger partial charge >= 0.3 is 0 Å². The van der Waals surface area contributed by atoms with Crippen LogP contribution in [0.5, 0.6) is 0 Å². The second-order valence-electron chi connectivity index (χ2n) is 6.11. The van der Waals surface area contributed by atoms with Gasteiger partial charge in [0.15, 0.2) is 0 Å². The van der Waals surface area contributed by atoms with E-state index in [1.807, 2.05) is 43.1 Å². The lowest BCUT2D eigenvalue weighted by atomic mass is 10.1. The summed E-state index contributed by atoms with van der Waals surface area (Å²) in [6.07, 6.45) is 2.89. The van der Waals surface area contributed by atoms with Gasteiger partial charge in [-0.15, -0.1) is 0 Å². The molecule has 0 fully saturated rings. The summed E-state index contributed by atoms with van der Waals surface area (Å²) in [5.74, 6) is 0.408. The lowest BCUT2D eigenvalue weighted by Crippen LogP contribution is -2.28. The van der Waals surface area contributed by atoms with Gasteiger partial charge in [-0.25, -0.2) is 9.97 Å². The first-order valence-electron chi connectivity index (χ1n) is 8.59. The Balaban J connectivity index is 1.97. The molecule has 1 heterocycles. The van der Waals surface area contributed by atoms with E-state index in [1.54, 1.807) is 6.07 Å². The minimum absolute atomic E-state index is 0.183. The molecule has 2 aromatic rings. The highest BCUT2D eigenvalue weighted by molar-refractivity contribution is 6.30.